The molecular formula is C12H17NOS. The third-order valence-corrected chi connectivity index (χ3v) is 3.92. The van der Waals surface area contributed by atoms with Gasteiger partial charge in [0.05, 0.1) is 0 Å². The van der Waals surface area contributed by atoms with Crippen molar-refractivity contribution in [1.29, 1.82) is 0 Å². The van der Waals surface area contributed by atoms with Crippen LogP contribution >= 0.6 is 11.8 Å². The summed E-state index contributed by atoms with van der Waals surface area (Å²) in [5.41, 5.74) is 2.50. The van der Waals surface area contributed by atoms with Crippen LogP contribution in [0.5, 0.6) is 0 Å². The van der Waals surface area contributed by atoms with Gasteiger partial charge in [0, 0.05) is 35.4 Å². The highest BCUT2D eigenvalue weighted by Gasteiger charge is 2.13. The van der Waals surface area contributed by atoms with Crippen molar-refractivity contribution in [1.82, 2.24) is 0 Å². The fourth-order valence-electron chi connectivity index (χ4n) is 1.88. The highest BCUT2D eigenvalue weighted by Crippen LogP contribution is 2.33. The van der Waals surface area contributed by atoms with Gasteiger partial charge in [-0.05, 0) is 24.1 Å². The lowest BCUT2D eigenvalue weighted by Gasteiger charge is -2.20. The Labute approximate surface area is 95.1 Å². The molecule has 0 radical (unpaired) electrons. The predicted octanol–water partition coefficient (Wildman–Crippen LogP) is 2.69. The van der Waals surface area contributed by atoms with Crippen LogP contribution in [-0.2, 0) is 0 Å². The number of anilines is 1. The minimum absolute atomic E-state index is 0.243. The summed E-state index contributed by atoms with van der Waals surface area (Å²) >= 11 is 1.90. The normalized spacial score (nSPS) is 16.7. The maximum Gasteiger partial charge on any atom is 0.0499 e. The fourth-order valence-corrected chi connectivity index (χ4v) is 2.81. The van der Waals surface area contributed by atoms with E-state index < -0.39 is 0 Å². The van der Waals surface area contributed by atoms with Crippen molar-refractivity contribution in [3.8, 4) is 0 Å². The standard InChI is InChI=1S/C12H17NOS/c1-2-9(8-14)10-3-4-11-12(7-10)15-6-5-13-11/h3-4,7,9,13-14H,2,5-6,8H2,1H3. The summed E-state index contributed by atoms with van der Waals surface area (Å²) in [5.74, 6) is 1.42. The van der Waals surface area contributed by atoms with Gasteiger partial charge in [-0.15, -0.1) is 11.8 Å². The van der Waals surface area contributed by atoms with Crippen LogP contribution in [0.15, 0.2) is 23.1 Å². The predicted molar refractivity (Wildman–Crippen MR) is 65.8 cm³/mol. The molecule has 0 aromatic heterocycles. The zero-order chi connectivity index (χ0) is 10.7. The Bertz CT molecular complexity index is 336. The first-order chi connectivity index (χ1) is 7.35. The van der Waals surface area contributed by atoms with E-state index in [4.69, 9.17) is 0 Å². The molecule has 0 saturated carbocycles. The molecule has 1 unspecified atom stereocenters. The Hall–Kier alpha value is -0.670. The molecule has 3 heteroatoms. The van der Waals surface area contributed by atoms with Crippen molar-refractivity contribution in [2.45, 2.75) is 24.2 Å². The number of nitrogens with one attached hydrogen (secondary N) is 1. The largest absolute Gasteiger partial charge is 0.396 e. The Morgan fingerprint density at radius 1 is 1.53 bits per heavy atom. The van der Waals surface area contributed by atoms with E-state index in [-0.39, 0.29) is 12.5 Å². The van der Waals surface area contributed by atoms with E-state index >= 15 is 0 Å². The van der Waals surface area contributed by atoms with Crippen LogP contribution in [0.1, 0.15) is 24.8 Å². The number of aliphatic hydroxyl groups is 1. The molecular weight excluding hydrogens is 206 g/mol. The van der Waals surface area contributed by atoms with Gasteiger partial charge in [0.1, 0.15) is 0 Å². The minimum atomic E-state index is 0.243. The van der Waals surface area contributed by atoms with Crippen molar-refractivity contribution in [3.63, 3.8) is 0 Å². The van der Waals surface area contributed by atoms with E-state index in [9.17, 15) is 5.11 Å². The van der Waals surface area contributed by atoms with Crippen molar-refractivity contribution in [2.24, 2.45) is 0 Å². The maximum absolute atomic E-state index is 9.26. The van der Waals surface area contributed by atoms with E-state index in [1.165, 1.54) is 16.1 Å². The van der Waals surface area contributed by atoms with E-state index in [0.717, 1.165) is 18.7 Å². The Balaban J connectivity index is 2.27. The van der Waals surface area contributed by atoms with Crippen LogP contribution in [-0.4, -0.2) is 24.0 Å². The zero-order valence-corrected chi connectivity index (χ0v) is 9.81. The number of aliphatic hydroxyl groups excluding tert-OH is 1. The first-order valence-corrected chi connectivity index (χ1v) is 6.45. The summed E-state index contributed by atoms with van der Waals surface area (Å²) in [4.78, 5) is 1.32. The van der Waals surface area contributed by atoms with Crippen LogP contribution in [0.4, 0.5) is 5.69 Å². The third-order valence-electron chi connectivity index (χ3n) is 2.87. The van der Waals surface area contributed by atoms with Gasteiger partial charge in [-0.2, -0.15) is 0 Å². The van der Waals surface area contributed by atoms with E-state index in [2.05, 4.69) is 30.4 Å². The number of hydrogen-bond acceptors (Lipinski definition) is 3. The minimum Gasteiger partial charge on any atom is -0.396 e. The topological polar surface area (TPSA) is 32.3 Å². The third kappa shape index (κ3) is 2.29. The summed E-state index contributed by atoms with van der Waals surface area (Å²) in [5, 5.41) is 12.6. The Morgan fingerprint density at radius 3 is 3.13 bits per heavy atom. The summed E-state index contributed by atoms with van der Waals surface area (Å²) in [6.07, 6.45) is 0.993. The maximum atomic E-state index is 9.26. The molecule has 82 valence electrons. The monoisotopic (exact) mass is 223 g/mol. The van der Waals surface area contributed by atoms with Gasteiger partial charge in [0.25, 0.3) is 0 Å². The molecule has 1 heterocycles. The first kappa shape index (κ1) is 10.8. The van der Waals surface area contributed by atoms with Gasteiger partial charge in [0.15, 0.2) is 0 Å². The fraction of sp³-hybridized carbons (Fsp3) is 0.500. The average Bonchev–Trinajstić information content (AvgIpc) is 2.30. The van der Waals surface area contributed by atoms with E-state index in [1.807, 2.05) is 11.8 Å². The van der Waals surface area contributed by atoms with Crippen molar-refractivity contribution >= 4 is 17.4 Å². The van der Waals surface area contributed by atoms with Crippen molar-refractivity contribution in [3.05, 3.63) is 23.8 Å². The lowest BCUT2D eigenvalue weighted by molar-refractivity contribution is 0.262. The van der Waals surface area contributed by atoms with Gasteiger partial charge in [0.2, 0.25) is 0 Å². The molecule has 2 nitrogen and oxygen atoms in total. The van der Waals surface area contributed by atoms with E-state index in [0.29, 0.717) is 0 Å². The number of rotatable bonds is 3. The molecule has 1 aliphatic heterocycles. The van der Waals surface area contributed by atoms with Gasteiger partial charge in [-0.1, -0.05) is 13.0 Å². The molecule has 15 heavy (non-hydrogen) atoms. The molecule has 0 fully saturated rings. The quantitative estimate of drug-likeness (QED) is 0.826. The smallest absolute Gasteiger partial charge is 0.0499 e. The highest BCUT2D eigenvalue weighted by molar-refractivity contribution is 7.99. The van der Waals surface area contributed by atoms with Gasteiger partial charge < -0.3 is 10.4 Å². The van der Waals surface area contributed by atoms with Crippen LogP contribution in [0, 0.1) is 0 Å². The van der Waals surface area contributed by atoms with Gasteiger partial charge >= 0.3 is 0 Å². The van der Waals surface area contributed by atoms with Gasteiger partial charge in [-0.3, -0.25) is 0 Å². The Kier molecular flexibility index (Phi) is 3.54. The molecule has 2 rings (SSSR count). The summed E-state index contributed by atoms with van der Waals surface area (Å²) in [7, 11) is 0. The Morgan fingerprint density at radius 2 is 2.40 bits per heavy atom. The van der Waals surface area contributed by atoms with E-state index in [1.54, 1.807) is 0 Å². The summed E-state index contributed by atoms with van der Waals surface area (Å²) < 4.78 is 0. The summed E-state index contributed by atoms with van der Waals surface area (Å²) in [6, 6.07) is 6.48. The lowest BCUT2D eigenvalue weighted by Crippen LogP contribution is -2.11. The molecule has 1 aromatic rings. The number of hydrogen-bond donors (Lipinski definition) is 2. The molecule has 0 amide bonds. The number of benzene rings is 1. The zero-order valence-electron chi connectivity index (χ0n) is 8.99. The second-order valence-corrected chi connectivity index (χ2v) is 4.96. The molecule has 1 aromatic carbocycles. The molecule has 0 spiro atoms. The van der Waals surface area contributed by atoms with Crippen LogP contribution in [0.25, 0.3) is 0 Å². The highest BCUT2D eigenvalue weighted by atomic mass is 32.2. The average molecular weight is 223 g/mol. The summed E-state index contributed by atoms with van der Waals surface area (Å²) in [6.45, 7) is 3.41. The molecule has 1 atom stereocenters. The van der Waals surface area contributed by atoms with Gasteiger partial charge in [-0.25, -0.2) is 0 Å². The SMILES string of the molecule is CCC(CO)c1ccc2c(c1)SCCN2. The second-order valence-electron chi connectivity index (χ2n) is 3.82. The number of thioether (sulfide) groups is 1. The van der Waals surface area contributed by atoms with Crippen molar-refractivity contribution < 1.29 is 5.11 Å². The van der Waals surface area contributed by atoms with Crippen molar-refractivity contribution in [2.75, 3.05) is 24.2 Å². The van der Waals surface area contributed by atoms with Crippen LogP contribution in [0.2, 0.25) is 0 Å². The lowest BCUT2D eigenvalue weighted by atomic mass is 9.97. The molecule has 0 aliphatic carbocycles. The molecule has 0 saturated heterocycles. The van der Waals surface area contributed by atoms with Crippen LogP contribution < -0.4 is 5.32 Å². The first-order valence-electron chi connectivity index (χ1n) is 5.46. The molecule has 0 bridgehead atoms. The molecule has 2 N–H and O–H groups in total. The molecule has 1 aliphatic rings. The number of fused-ring (bicyclic) bond motifs is 1. The van der Waals surface area contributed by atoms with Crippen LogP contribution in [0.3, 0.4) is 0 Å². The second kappa shape index (κ2) is 4.90.